The molecule has 3 aromatic rings. The molecule has 4 rings (SSSR count). The molecule has 0 fully saturated rings. The van der Waals surface area contributed by atoms with E-state index in [-0.39, 0.29) is 0 Å². The van der Waals surface area contributed by atoms with Crippen molar-refractivity contribution in [2.75, 3.05) is 18.7 Å². The lowest BCUT2D eigenvalue weighted by atomic mass is 10.1. The third kappa shape index (κ3) is 3.55. The molecule has 0 saturated carbocycles. The Morgan fingerprint density at radius 1 is 1.18 bits per heavy atom. The molecule has 28 heavy (non-hydrogen) atoms. The number of anilines is 2. The number of hydrogen-bond donors (Lipinski definition) is 0. The minimum absolute atomic E-state index is 0.426. The van der Waals surface area contributed by atoms with Gasteiger partial charge in [0.25, 0.3) is 0 Å². The molecule has 0 N–H and O–H groups in total. The summed E-state index contributed by atoms with van der Waals surface area (Å²) in [5, 5.41) is 0.899. The zero-order chi connectivity index (χ0) is 19.7. The van der Waals surface area contributed by atoms with E-state index in [9.17, 15) is 0 Å². The van der Waals surface area contributed by atoms with E-state index in [1.54, 1.807) is 31.3 Å². The quantitative estimate of drug-likeness (QED) is 0.628. The Balaban J connectivity index is 1.70. The van der Waals surface area contributed by atoms with Gasteiger partial charge in [0.2, 0.25) is 0 Å². The van der Waals surface area contributed by atoms with Crippen molar-refractivity contribution in [2.45, 2.75) is 37.2 Å². The number of imidazole rings is 1. The molecule has 1 aromatic carbocycles. The number of fused-ring (bicyclic) bond motifs is 2. The van der Waals surface area contributed by atoms with Crippen molar-refractivity contribution in [1.29, 1.82) is 0 Å². The number of benzene rings is 1. The Morgan fingerprint density at radius 2 is 2.00 bits per heavy atom. The number of methoxy groups -OCH3 is 1. The van der Waals surface area contributed by atoms with Gasteiger partial charge in [0.1, 0.15) is 11.8 Å². The molecule has 3 heterocycles. The molecule has 0 amide bonds. The summed E-state index contributed by atoms with van der Waals surface area (Å²) in [5.41, 5.74) is 5.75. The molecular formula is C21H23N5OS. The van der Waals surface area contributed by atoms with Crippen LogP contribution < -0.4 is 4.90 Å². The zero-order valence-electron chi connectivity index (χ0n) is 16.5. The fourth-order valence-corrected chi connectivity index (χ4v) is 4.27. The monoisotopic (exact) mass is 393 g/mol. The highest BCUT2D eigenvalue weighted by Gasteiger charge is 2.25. The Bertz CT molecular complexity index is 1040. The standard InChI is InChI=1S/C21H23N5OS/c1-14(2)9-17-15(3)24-12-25(17)11-16-5-6-19-18(10-16)26(13-27-4)20-21(28-19)23-8-7-22-20/h5-10,12H,11,13H2,1-4H3. The Kier molecular flexibility index (Phi) is 5.19. The largest absolute Gasteiger partial charge is 0.364 e. The minimum Gasteiger partial charge on any atom is -0.364 e. The average Bonchev–Trinajstić information content (AvgIpc) is 3.01. The molecule has 0 saturated heterocycles. The maximum Gasteiger partial charge on any atom is 0.168 e. The summed E-state index contributed by atoms with van der Waals surface area (Å²) in [6.07, 6.45) is 7.53. The zero-order valence-corrected chi connectivity index (χ0v) is 17.3. The van der Waals surface area contributed by atoms with Gasteiger partial charge in [-0.05, 0) is 44.5 Å². The fourth-order valence-electron chi connectivity index (χ4n) is 3.29. The van der Waals surface area contributed by atoms with Crippen molar-refractivity contribution >= 4 is 29.3 Å². The van der Waals surface area contributed by atoms with Crippen LogP contribution in [0.4, 0.5) is 11.5 Å². The van der Waals surface area contributed by atoms with E-state index in [1.165, 1.54) is 11.1 Å². The van der Waals surface area contributed by atoms with Crippen LogP contribution in [-0.2, 0) is 11.3 Å². The Morgan fingerprint density at radius 3 is 2.79 bits per heavy atom. The van der Waals surface area contributed by atoms with Gasteiger partial charge in [0.15, 0.2) is 5.82 Å². The highest BCUT2D eigenvalue weighted by molar-refractivity contribution is 7.99. The average molecular weight is 394 g/mol. The summed E-state index contributed by atoms with van der Waals surface area (Å²) >= 11 is 1.64. The van der Waals surface area contributed by atoms with Gasteiger partial charge in [-0.25, -0.2) is 15.0 Å². The van der Waals surface area contributed by atoms with E-state index < -0.39 is 0 Å². The predicted octanol–water partition coefficient (Wildman–Crippen LogP) is 4.66. The van der Waals surface area contributed by atoms with Gasteiger partial charge in [-0.2, -0.15) is 0 Å². The van der Waals surface area contributed by atoms with Gasteiger partial charge < -0.3 is 9.30 Å². The first-order chi connectivity index (χ1) is 13.6. The Hall–Kier alpha value is -2.64. The molecule has 0 aliphatic carbocycles. The second-order valence-corrected chi connectivity index (χ2v) is 8.03. The first-order valence-electron chi connectivity index (χ1n) is 9.11. The number of allylic oxidation sites excluding steroid dienone is 1. The van der Waals surface area contributed by atoms with E-state index in [1.807, 2.05) is 13.3 Å². The van der Waals surface area contributed by atoms with E-state index in [0.717, 1.165) is 39.4 Å². The summed E-state index contributed by atoms with van der Waals surface area (Å²) in [5.74, 6) is 0.836. The van der Waals surface area contributed by atoms with Gasteiger partial charge in [-0.3, -0.25) is 4.90 Å². The van der Waals surface area contributed by atoms with Gasteiger partial charge in [-0.15, -0.1) is 0 Å². The molecule has 2 aromatic heterocycles. The molecule has 1 aliphatic heterocycles. The van der Waals surface area contributed by atoms with Crippen LogP contribution in [0.1, 0.15) is 30.8 Å². The van der Waals surface area contributed by atoms with Gasteiger partial charge in [0, 0.05) is 30.9 Å². The topological polar surface area (TPSA) is 56.1 Å². The molecule has 6 nitrogen and oxygen atoms in total. The molecule has 7 heteroatoms. The number of aryl methyl sites for hydroxylation is 1. The minimum atomic E-state index is 0.426. The van der Waals surface area contributed by atoms with E-state index in [2.05, 4.69) is 62.5 Å². The van der Waals surface area contributed by atoms with Crippen molar-refractivity contribution in [3.05, 3.63) is 59.4 Å². The second-order valence-electron chi connectivity index (χ2n) is 7.00. The predicted molar refractivity (Wildman–Crippen MR) is 112 cm³/mol. The maximum absolute atomic E-state index is 5.45. The number of ether oxygens (including phenoxy) is 1. The molecule has 0 atom stereocenters. The molecule has 0 radical (unpaired) electrons. The number of aromatic nitrogens is 4. The lowest BCUT2D eigenvalue weighted by molar-refractivity contribution is 0.204. The molecule has 144 valence electrons. The lowest BCUT2D eigenvalue weighted by Crippen LogP contribution is -2.24. The van der Waals surface area contributed by atoms with E-state index in [4.69, 9.17) is 4.74 Å². The molecule has 1 aliphatic rings. The molecular weight excluding hydrogens is 370 g/mol. The SMILES string of the molecule is COCN1c2cc(Cn3cnc(C)c3C=C(C)C)ccc2Sc2nccnc21. The van der Waals surface area contributed by atoms with Crippen LogP contribution in [0, 0.1) is 6.92 Å². The van der Waals surface area contributed by atoms with Gasteiger partial charge >= 0.3 is 0 Å². The summed E-state index contributed by atoms with van der Waals surface area (Å²) in [4.78, 5) is 16.7. The molecule has 0 spiro atoms. The van der Waals surface area contributed by atoms with Crippen molar-refractivity contribution in [1.82, 2.24) is 19.5 Å². The summed E-state index contributed by atoms with van der Waals surface area (Å²) < 4.78 is 7.63. The third-order valence-electron chi connectivity index (χ3n) is 4.53. The van der Waals surface area contributed by atoms with E-state index >= 15 is 0 Å². The first kappa shape index (κ1) is 18.7. The number of rotatable bonds is 5. The highest BCUT2D eigenvalue weighted by atomic mass is 32.2. The number of nitrogens with zero attached hydrogens (tertiary/aromatic N) is 5. The van der Waals surface area contributed by atoms with Crippen LogP contribution >= 0.6 is 11.8 Å². The van der Waals surface area contributed by atoms with Crippen LogP contribution in [-0.4, -0.2) is 33.4 Å². The first-order valence-corrected chi connectivity index (χ1v) is 9.93. The van der Waals surface area contributed by atoms with Gasteiger partial charge in [-0.1, -0.05) is 23.4 Å². The normalized spacial score (nSPS) is 12.5. The second kappa shape index (κ2) is 7.77. The maximum atomic E-state index is 5.45. The van der Waals surface area contributed by atoms with Crippen molar-refractivity contribution in [2.24, 2.45) is 0 Å². The van der Waals surface area contributed by atoms with Crippen LogP contribution in [0.2, 0.25) is 0 Å². The lowest BCUT2D eigenvalue weighted by Gasteiger charge is -2.30. The summed E-state index contributed by atoms with van der Waals surface area (Å²) in [7, 11) is 1.70. The Labute approximate surface area is 169 Å². The molecule has 0 bridgehead atoms. The fraction of sp³-hybridized carbons (Fsp3) is 0.286. The summed E-state index contributed by atoms with van der Waals surface area (Å²) in [6, 6.07) is 6.53. The van der Waals surface area contributed by atoms with Crippen LogP contribution in [0.15, 0.2) is 52.4 Å². The van der Waals surface area contributed by atoms with Crippen LogP contribution in [0.5, 0.6) is 0 Å². The third-order valence-corrected chi connectivity index (χ3v) is 5.58. The van der Waals surface area contributed by atoms with Crippen molar-refractivity contribution in [3.63, 3.8) is 0 Å². The molecule has 0 unspecified atom stereocenters. The highest BCUT2D eigenvalue weighted by Crippen LogP contribution is 2.46. The van der Waals surface area contributed by atoms with Crippen LogP contribution in [0.25, 0.3) is 6.08 Å². The summed E-state index contributed by atoms with van der Waals surface area (Å²) in [6.45, 7) is 7.44. The smallest absolute Gasteiger partial charge is 0.168 e. The van der Waals surface area contributed by atoms with Crippen molar-refractivity contribution in [3.8, 4) is 0 Å². The van der Waals surface area contributed by atoms with E-state index in [0.29, 0.717) is 6.73 Å². The van der Waals surface area contributed by atoms with Crippen LogP contribution in [0.3, 0.4) is 0 Å². The van der Waals surface area contributed by atoms with Crippen molar-refractivity contribution < 1.29 is 4.74 Å². The number of hydrogen-bond acceptors (Lipinski definition) is 6. The van der Waals surface area contributed by atoms with Gasteiger partial charge in [0.05, 0.1) is 23.4 Å².